The number of guanidine groups is 1. The second kappa shape index (κ2) is 12.1. The molecule has 0 saturated heterocycles. The molecule has 0 spiro atoms. The van der Waals surface area contributed by atoms with Crippen LogP contribution >= 0.6 is 46.9 Å². The Hall–Kier alpha value is -1.72. The Kier molecular flexibility index (Phi) is 9.82. The maximum absolute atomic E-state index is 5.90. The van der Waals surface area contributed by atoms with Gasteiger partial charge < -0.3 is 15.2 Å². The molecule has 1 aromatic carbocycles. The summed E-state index contributed by atoms with van der Waals surface area (Å²) in [7, 11) is 1.75. The van der Waals surface area contributed by atoms with Crippen LogP contribution in [-0.2, 0) is 19.3 Å². The minimum absolute atomic E-state index is 0. The van der Waals surface area contributed by atoms with Crippen LogP contribution in [0.25, 0.3) is 11.4 Å². The molecule has 0 amide bonds. The van der Waals surface area contributed by atoms with Crippen LogP contribution in [0.3, 0.4) is 0 Å². The first-order chi connectivity index (χ1) is 13.7. The number of halogens is 2. The Labute approximate surface area is 196 Å². The van der Waals surface area contributed by atoms with E-state index in [2.05, 4.69) is 37.7 Å². The zero-order valence-corrected chi connectivity index (χ0v) is 20.2. The van der Waals surface area contributed by atoms with E-state index in [0.29, 0.717) is 29.7 Å². The van der Waals surface area contributed by atoms with E-state index in [4.69, 9.17) is 16.1 Å². The van der Waals surface area contributed by atoms with Crippen LogP contribution in [0.15, 0.2) is 40.0 Å². The van der Waals surface area contributed by atoms with Gasteiger partial charge in [-0.15, -0.1) is 35.3 Å². The average molecular weight is 547 g/mol. The predicted molar refractivity (Wildman–Crippen MR) is 128 cm³/mol. The Morgan fingerprint density at radius 3 is 2.55 bits per heavy atom. The summed E-state index contributed by atoms with van der Waals surface area (Å²) in [6.45, 7) is 3.56. The Balaban J connectivity index is 0.00000300. The fourth-order valence-electron chi connectivity index (χ4n) is 2.50. The summed E-state index contributed by atoms with van der Waals surface area (Å²) < 4.78 is 5.32. The third kappa shape index (κ3) is 7.23. The van der Waals surface area contributed by atoms with Crippen molar-refractivity contribution in [3.8, 4) is 11.4 Å². The van der Waals surface area contributed by atoms with E-state index in [9.17, 15) is 0 Å². The minimum Gasteiger partial charge on any atom is -0.356 e. The lowest BCUT2D eigenvalue weighted by Gasteiger charge is -2.10. The molecule has 156 valence electrons. The molecular formula is C19H24ClIN6OS. The maximum atomic E-state index is 5.90. The summed E-state index contributed by atoms with van der Waals surface area (Å²) >= 11 is 7.66. The van der Waals surface area contributed by atoms with Crippen molar-refractivity contribution in [3.05, 3.63) is 51.3 Å². The second-order valence-electron chi connectivity index (χ2n) is 6.02. The van der Waals surface area contributed by atoms with E-state index < -0.39 is 0 Å². The average Bonchev–Trinajstić information content (AvgIpc) is 3.37. The van der Waals surface area contributed by atoms with Crippen molar-refractivity contribution in [3.63, 3.8) is 0 Å². The summed E-state index contributed by atoms with van der Waals surface area (Å²) in [5, 5.41) is 12.4. The quantitative estimate of drug-likeness (QED) is 0.252. The fraction of sp³-hybridized carbons (Fsp3) is 0.368. The highest BCUT2D eigenvalue weighted by molar-refractivity contribution is 14.0. The zero-order chi connectivity index (χ0) is 19.8. The molecule has 2 heterocycles. The smallest absolute Gasteiger partial charge is 0.228 e. The molecule has 3 rings (SSSR count). The summed E-state index contributed by atoms with van der Waals surface area (Å²) in [5.74, 6) is 1.87. The lowest BCUT2D eigenvalue weighted by atomic mass is 10.2. The van der Waals surface area contributed by atoms with Gasteiger partial charge >= 0.3 is 0 Å². The number of hydrogen-bond acceptors (Lipinski definition) is 6. The van der Waals surface area contributed by atoms with Crippen molar-refractivity contribution in [2.75, 3.05) is 20.1 Å². The topological polar surface area (TPSA) is 88.2 Å². The summed E-state index contributed by atoms with van der Waals surface area (Å²) in [6.07, 6.45) is 4.46. The number of thiazole rings is 1. The standard InChI is InChI=1S/C19H23ClN6OS.HI/c1-3-15-12-24-17(28-15)9-11-23-19(21-2)22-10-8-16-25-18(26-27-16)13-4-6-14(20)7-5-13;/h4-7,12H,3,8-11H2,1-2H3,(H2,21,22,23);1H. The van der Waals surface area contributed by atoms with E-state index >= 15 is 0 Å². The number of rotatable bonds is 8. The van der Waals surface area contributed by atoms with Gasteiger partial charge in [-0.1, -0.05) is 23.7 Å². The largest absolute Gasteiger partial charge is 0.356 e. The van der Waals surface area contributed by atoms with Gasteiger partial charge in [-0.05, 0) is 30.7 Å². The van der Waals surface area contributed by atoms with Gasteiger partial charge in [0.25, 0.3) is 0 Å². The van der Waals surface area contributed by atoms with Crippen LogP contribution in [-0.4, -0.2) is 41.2 Å². The molecule has 0 bridgehead atoms. The first-order valence-corrected chi connectivity index (χ1v) is 10.3. The summed E-state index contributed by atoms with van der Waals surface area (Å²) in [4.78, 5) is 14.4. The van der Waals surface area contributed by atoms with Crippen LogP contribution in [0.5, 0.6) is 0 Å². The zero-order valence-electron chi connectivity index (χ0n) is 16.3. The van der Waals surface area contributed by atoms with E-state index in [1.165, 1.54) is 4.88 Å². The summed E-state index contributed by atoms with van der Waals surface area (Å²) in [6, 6.07) is 7.34. The Morgan fingerprint density at radius 2 is 1.90 bits per heavy atom. The molecular weight excluding hydrogens is 523 g/mol. The SMILES string of the molecule is CCc1cnc(CCNC(=NC)NCCc2nc(-c3ccc(Cl)cc3)no2)s1.I. The number of nitrogens with zero attached hydrogens (tertiary/aromatic N) is 4. The Morgan fingerprint density at radius 1 is 1.17 bits per heavy atom. The van der Waals surface area contributed by atoms with Crippen molar-refractivity contribution in [1.29, 1.82) is 0 Å². The lowest BCUT2D eigenvalue weighted by Crippen LogP contribution is -2.39. The molecule has 2 N–H and O–H groups in total. The highest BCUT2D eigenvalue weighted by Gasteiger charge is 2.09. The maximum Gasteiger partial charge on any atom is 0.228 e. The third-order valence-corrected chi connectivity index (χ3v) is 5.46. The van der Waals surface area contributed by atoms with Crippen LogP contribution < -0.4 is 10.6 Å². The van der Waals surface area contributed by atoms with Gasteiger partial charge in [0.1, 0.15) is 0 Å². The number of benzene rings is 1. The van der Waals surface area contributed by atoms with Crippen LogP contribution in [0.4, 0.5) is 0 Å². The minimum atomic E-state index is 0. The summed E-state index contributed by atoms with van der Waals surface area (Å²) in [5.41, 5.74) is 0.873. The molecule has 0 radical (unpaired) electrons. The van der Waals surface area contributed by atoms with Gasteiger partial charge in [-0.25, -0.2) is 4.98 Å². The number of aromatic nitrogens is 3. The fourth-order valence-corrected chi connectivity index (χ4v) is 3.48. The monoisotopic (exact) mass is 546 g/mol. The van der Waals surface area contributed by atoms with Gasteiger partial charge in [-0.2, -0.15) is 4.98 Å². The molecule has 0 aliphatic rings. The normalized spacial score (nSPS) is 11.2. The van der Waals surface area contributed by atoms with Crippen molar-refractivity contribution < 1.29 is 4.52 Å². The van der Waals surface area contributed by atoms with Crippen molar-refractivity contribution in [2.24, 2.45) is 4.99 Å². The highest BCUT2D eigenvalue weighted by Crippen LogP contribution is 2.18. The van der Waals surface area contributed by atoms with Crippen molar-refractivity contribution in [2.45, 2.75) is 26.2 Å². The number of nitrogens with one attached hydrogen (secondary N) is 2. The second-order valence-corrected chi connectivity index (χ2v) is 7.65. The number of hydrogen-bond donors (Lipinski definition) is 2. The molecule has 3 aromatic rings. The molecule has 7 nitrogen and oxygen atoms in total. The molecule has 0 unspecified atom stereocenters. The van der Waals surface area contributed by atoms with Crippen LogP contribution in [0.2, 0.25) is 5.02 Å². The van der Waals surface area contributed by atoms with E-state index in [0.717, 1.165) is 35.9 Å². The molecule has 0 aliphatic carbocycles. The molecule has 0 atom stereocenters. The molecule has 0 aliphatic heterocycles. The first kappa shape index (κ1) is 23.6. The predicted octanol–water partition coefficient (Wildman–Crippen LogP) is 3.98. The van der Waals surface area contributed by atoms with Gasteiger partial charge in [-0.3, -0.25) is 4.99 Å². The van der Waals surface area contributed by atoms with Gasteiger partial charge in [0, 0.05) is 54.6 Å². The van der Waals surface area contributed by atoms with Crippen molar-refractivity contribution >= 4 is 52.9 Å². The van der Waals surface area contributed by atoms with E-state index in [-0.39, 0.29) is 24.0 Å². The van der Waals surface area contributed by atoms with E-state index in [1.54, 1.807) is 30.5 Å². The third-order valence-electron chi connectivity index (χ3n) is 4.01. The molecule has 0 saturated carbocycles. The molecule has 0 fully saturated rings. The Bertz CT molecular complexity index is 912. The van der Waals surface area contributed by atoms with Gasteiger partial charge in [0.2, 0.25) is 11.7 Å². The van der Waals surface area contributed by atoms with Gasteiger partial charge in [0.05, 0.1) is 5.01 Å². The van der Waals surface area contributed by atoms with Crippen molar-refractivity contribution in [1.82, 2.24) is 25.8 Å². The lowest BCUT2D eigenvalue weighted by molar-refractivity contribution is 0.378. The number of aliphatic imine (C=N–C) groups is 1. The molecule has 29 heavy (non-hydrogen) atoms. The highest BCUT2D eigenvalue weighted by atomic mass is 127. The number of aryl methyl sites for hydroxylation is 1. The van der Waals surface area contributed by atoms with Crippen LogP contribution in [0, 0.1) is 0 Å². The van der Waals surface area contributed by atoms with Crippen LogP contribution in [0.1, 0.15) is 22.7 Å². The van der Waals surface area contributed by atoms with E-state index in [1.807, 2.05) is 18.3 Å². The molecule has 10 heteroatoms. The van der Waals surface area contributed by atoms with Gasteiger partial charge in [0.15, 0.2) is 5.96 Å². The molecule has 2 aromatic heterocycles. The first-order valence-electron chi connectivity index (χ1n) is 9.14.